The Bertz CT molecular complexity index is 1990. The molecule has 0 bridgehead atoms. The quantitative estimate of drug-likeness (QED) is 0.0941. The number of aromatic nitrogens is 29. The molecular weight excluding hydrogens is 1510 g/mol. The van der Waals surface area contributed by atoms with Crippen molar-refractivity contribution >= 4 is 34.4 Å². The molecule has 13 aromatic rings. The van der Waals surface area contributed by atoms with E-state index >= 15 is 0 Å². The molecule has 678 valence electrons. The van der Waals surface area contributed by atoms with Crippen LogP contribution in [-0.4, -0.2) is 146 Å². The van der Waals surface area contributed by atoms with Crippen LogP contribution >= 0.6 is 34.4 Å². The highest BCUT2D eigenvalue weighted by molar-refractivity contribution is 7.11. The fourth-order valence-electron chi connectivity index (χ4n) is 2.78. The van der Waals surface area contributed by atoms with Gasteiger partial charge in [-0.2, -0.15) is 60.7 Å². The Morgan fingerprint density at radius 2 is 0.626 bits per heavy atom. The molecule has 13 heterocycles. The van der Waals surface area contributed by atoms with E-state index in [1.807, 2.05) is 360 Å². The molecule has 0 aliphatic rings. The average molecular weight is 1690 g/mol. The zero-order valence-electron chi connectivity index (χ0n) is 81.8. The van der Waals surface area contributed by atoms with E-state index < -0.39 is 0 Å². The minimum atomic E-state index is 0.623. The van der Waals surface area contributed by atoms with E-state index in [9.17, 15) is 0 Å². The number of nitrogens with one attached hydrogen (secondary N) is 5. The predicted octanol–water partition coefficient (Wildman–Crippen LogP) is 26.8. The summed E-state index contributed by atoms with van der Waals surface area (Å²) in [5.74, 6) is 1.25. The van der Waals surface area contributed by atoms with Gasteiger partial charge in [-0.25, -0.2) is 24.9 Å². The van der Waals surface area contributed by atoms with E-state index in [1.54, 1.807) is 98.9 Å². The summed E-state index contributed by atoms with van der Waals surface area (Å²) >= 11 is 4.32. The van der Waals surface area contributed by atoms with E-state index in [-0.39, 0.29) is 0 Å². The number of rotatable bonds is 0. The van der Waals surface area contributed by atoms with Crippen LogP contribution in [0.1, 0.15) is 326 Å². The van der Waals surface area contributed by atoms with Gasteiger partial charge in [-0.3, -0.25) is 20.3 Å². The number of nitrogens with zero attached hydrogens (tertiary/aromatic N) is 24. The van der Waals surface area contributed by atoms with E-state index in [1.165, 1.54) is 80.1 Å². The third kappa shape index (κ3) is 256. The molecule has 0 aromatic carbocycles. The van der Waals surface area contributed by atoms with Crippen LogP contribution in [0.15, 0.2) is 186 Å². The van der Waals surface area contributed by atoms with Crippen LogP contribution in [0.4, 0.5) is 0 Å². The van der Waals surface area contributed by atoms with Crippen LogP contribution in [0.2, 0.25) is 0 Å². The molecule has 0 radical (unpaired) electrons. The van der Waals surface area contributed by atoms with Gasteiger partial charge in [-0.05, 0) is 67.2 Å². The van der Waals surface area contributed by atoms with Gasteiger partial charge in [0.2, 0.25) is 24.6 Å². The summed E-state index contributed by atoms with van der Waals surface area (Å²) < 4.78 is 20.5. The standard InChI is InChI=1S/C5H5N.C4H6N2O.C4H6N2S.C4H4N2.C3H4N2.4C2H3N3.2C2H2N2O.2C2H2N2S.22C2H6/c1-2-4-6-5-3-1;2*1-3-5-6-4(2)7-3;1-2-4-6-5-3-1;1-2-4-5-3-1;2*1-3-2-5-4-1;2*1-2-4-5-3-1;3*1-3-2-5-4-1;1-2-5-4-3-1;22*1-2/h1-5H;2*1-2H3;1-4H;1-3H,(H,4,5);4*1-2H,(H,3,4,5);4*1-2H;22*1-2H3. The topological polar surface area (TPSA) is 428 Å². The molecule has 0 saturated carbocycles. The van der Waals surface area contributed by atoms with E-state index in [0.717, 1.165) is 10.0 Å². The number of hydrogen-bond donors (Lipinski definition) is 5. The molecule has 13 aromatic heterocycles. The molecule has 0 fully saturated rings. The number of H-pyrrole nitrogens is 5. The molecule has 0 amide bonds. The van der Waals surface area contributed by atoms with Crippen LogP contribution in [0.25, 0.3) is 0 Å². The summed E-state index contributed by atoms with van der Waals surface area (Å²) in [6.45, 7) is 95.4. The molecule has 0 atom stereocenters. The van der Waals surface area contributed by atoms with Crippen molar-refractivity contribution in [2.75, 3.05) is 0 Å². The second-order valence-electron chi connectivity index (χ2n) is 10.3. The van der Waals surface area contributed by atoms with Crippen molar-refractivity contribution in [3.8, 4) is 0 Å². The molecule has 0 aliphatic carbocycles. The highest BCUT2D eigenvalue weighted by Crippen LogP contribution is 2.04. The Morgan fingerprint density at radius 3 is 0.713 bits per heavy atom. The van der Waals surface area contributed by atoms with Gasteiger partial charge in [0.1, 0.15) is 47.2 Å². The molecular formula is C80H177N29O3S3. The SMILES string of the molecule is CC.CC.CC.CC.CC.CC.CC.CC.CC.CC.CC.CC.CC.CC.CC.CC.CC.CC.CC.CC.CC.CC.Cc1nnc(C)o1.Cc1nnc(C)s1.c1ccncc1.c1ccnnc1.c1cn[nH]c1.c1cn[nH]n1.c1cn[nH]n1.c1csnn1.c1nc[nH]n1.c1nc[nH]n1.c1ncon1.c1ncon1.c1ncsn1. The van der Waals surface area contributed by atoms with Gasteiger partial charge in [0.15, 0.2) is 12.7 Å². The second-order valence-corrected chi connectivity index (χ2v) is 13.0. The molecule has 0 aliphatic heterocycles. The molecule has 0 saturated heterocycles. The van der Waals surface area contributed by atoms with E-state index in [0.29, 0.717) is 11.8 Å². The van der Waals surface area contributed by atoms with E-state index in [4.69, 9.17) is 4.42 Å². The van der Waals surface area contributed by atoms with Gasteiger partial charge in [0.05, 0.1) is 31.0 Å². The lowest BCUT2D eigenvalue weighted by Gasteiger charge is -1.70. The van der Waals surface area contributed by atoms with Gasteiger partial charge in [0.25, 0.3) is 0 Å². The average Bonchev–Trinajstić information content (AvgIpc) is 1.84. The Hall–Kier alpha value is -9.90. The Balaban J connectivity index is -0.0000000392. The van der Waals surface area contributed by atoms with Crippen molar-refractivity contribution in [3.05, 3.63) is 194 Å². The normalized spacial score (nSPS) is 6.26. The maximum Gasteiger partial charge on any atom is 0.213 e. The van der Waals surface area contributed by atoms with Crippen LogP contribution < -0.4 is 0 Å². The summed E-state index contributed by atoms with van der Waals surface area (Å²) in [5.41, 5.74) is 1.68. The fraction of sp³-hybridized carbons (Fsp3) is 0.600. The first-order valence-corrected chi connectivity index (χ1v) is 43.6. The summed E-state index contributed by atoms with van der Waals surface area (Å²) in [6.07, 6.45) is 30.9. The second kappa shape index (κ2) is 261. The number of pyridine rings is 1. The predicted molar refractivity (Wildman–Crippen MR) is 502 cm³/mol. The summed E-state index contributed by atoms with van der Waals surface area (Å²) in [6, 6.07) is 11.2. The minimum absolute atomic E-state index is 0.623. The zero-order chi connectivity index (χ0) is 94.9. The monoisotopic (exact) mass is 1690 g/mol. The van der Waals surface area contributed by atoms with Gasteiger partial charge in [-0.1, -0.05) is 326 Å². The minimum Gasteiger partial charge on any atom is -0.426 e. The lowest BCUT2D eigenvalue weighted by atomic mass is 10.5. The Kier molecular flexibility index (Phi) is 374. The van der Waals surface area contributed by atoms with Crippen molar-refractivity contribution in [2.45, 2.75) is 332 Å². The van der Waals surface area contributed by atoms with Gasteiger partial charge in [-0.15, -0.1) is 36.8 Å². The highest BCUT2D eigenvalue weighted by atomic mass is 32.1. The van der Waals surface area contributed by atoms with Gasteiger partial charge < -0.3 is 13.5 Å². The van der Waals surface area contributed by atoms with Gasteiger partial charge in [0, 0.05) is 56.4 Å². The molecule has 0 unspecified atom stereocenters. The lowest BCUT2D eigenvalue weighted by molar-refractivity contribution is 0.416. The molecule has 0 spiro atoms. The summed E-state index contributed by atoms with van der Waals surface area (Å²) in [4.78, 5) is 21.4. The zero-order valence-corrected chi connectivity index (χ0v) is 84.3. The van der Waals surface area contributed by atoms with Crippen LogP contribution in [0.3, 0.4) is 0 Å². The largest absolute Gasteiger partial charge is 0.426 e. The first-order chi connectivity index (χ1) is 57.1. The summed E-state index contributed by atoms with van der Waals surface area (Å²) in [5, 5.41) is 72.5. The maximum atomic E-state index is 4.86. The number of aryl methyl sites for hydroxylation is 4. The van der Waals surface area contributed by atoms with Crippen molar-refractivity contribution in [1.82, 2.24) is 146 Å². The Morgan fingerprint density at radius 1 is 0.278 bits per heavy atom. The molecule has 115 heavy (non-hydrogen) atoms. The number of hydrogen-bond acceptors (Lipinski definition) is 30. The van der Waals surface area contributed by atoms with Crippen LogP contribution in [-0.2, 0) is 0 Å². The smallest absolute Gasteiger partial charge is 0.213 e. The molecule has 32 nitrogen and oxygen atoms in total. The van der Waals surface area contributed by atoms with Crippen molar-refractivity contribution < 1.29 is 13.5 Å². The summed E-state index contributed by atoms with van der Waals surface area (Å²) in [7, 11) is 0. The fourth-order valence-corrected chi connectivity index (χ4v) is 3.92. The molecule has 13 rings (SSSR count). The maximum absolute atomic E-state index is 4.86. The first kappa shape index (κ1) is 165. The highest BCUT2D eigenvalue weighted by Gasteiger charge is 1.90. The third-order valence-corrected chi connectivity index (χ3v) is 6.78. The molecule has 35 heteroatoms. The van der Waals surface area contributed by atoms with E-state index in [2.05, 4.69) is 155 Å². The van der Waals surface area contributed by atoms with Crippen LogP contribution in [0.5, 0.6) is 0 Å². The lowest BCUT2D eigenvalue weighted by Crippen LogP contribution is -1.69. The first-order valence-electron chi connectivity index (χ1n) is 41.1. The Labute approximate surface area is 716 Å². The van der Waals surface area contributed by atoms with Crippen molar-refractivity contribution in [2.24, 2.45) is 0 Å². The van der Waals surface area contributed by atoms with Crippen LogP contribution in [0, 0.1) is 27.7 Å². The molecule has 5 N–H and O–H groups in total. The third-order valence-electron chi connectivity index (χ3n) is 5.17. The van der Waals surface area contributed by atoms with Gasteiger partial charge >= 0.3 is 0 Å². The number of aromatic amines is 5. The van der Waals surface area contributed by atoms with Crippen molar-refractivity contribution in [3.63, 3.8) is 0 Å². The van der Waals surface area contributed by atoms with Crippen molar-refractivity contribution in [1.29, 1.82) is 0 Å².